The summed E-state index contributed by atoms with van der Waals surface area (Å²) in [4.78, 5) is 12.0. The average Bonchev–Trinajstić information content (AvgIpc) is 2.54. The molecule has 144 valence electrons. The van der Waals surface area contributed by atoms with Crippen LogP contribution in [-0.2, 0) is 14.9 Å². The Morgan fingerprint density at radius 1 is 1.24 bits per heavy atom. The maximum Gasteiger partial charge on any atom is 0.329 e. The first-order valence-electron chi connectivity index (χ1n) is 9.07. The van der Waals surface area contributed by atoms with E-state index in [9.17, 15) is 13.2 Å². The average molecular weight is 374 g/mol. The summed E-state index contributed by atoms with van der Waals surface area (Å²) in [5.74, 6) is 0. The van der Waals surface area contributed by atoms with Crippen LogP contribution in [0, 0.1) is 0 Å². The topological polar surface area (TPSA) is 87.7 Å². The molecule has 25 heavy (non-hydrogen) atoms. The number of carbonyl (C=O) groups excluding carboxylic acids is 1. The second-order valence-electron chi connectivity index (χ2n) is 7.51. The highest BCUT2D eigenvalue weighted by Crippen LogP contribution is 2.27. The van der Waals surface area contributed by atoms with Gasteiger partial charge >= 0.3 is 16.2 Å². The monoisotopic (exact) mass is 373 g/mol. The van der Waals surface area contributed by atoms with Crippen molar-refractivity contribution in [3.63, 3.8) is 0 Å². The van der Waals surface area contributed by atoms with Gasteiger partial charge < -0.3 is 10.1 Å². The van der Waals surface area contributed by atoms with Gasteiger partial charge in [0.15, 0.2) is 0 Å². The normalized spacial score (nSPS) is 22.3. The summed E-state index contributed by atoms with van der Waals surface area (Å²) >= 11 is 0. The lowest BCUT2D eigenvalue weighted by molar-refractivity contribution is -0.0509. The van der Waals surface area contributed by atoms with Crippen LogP contribution in [0.5, 0.6) is 0 Å². The van der Waals surface area contributed by atoms with Gasteiger partial charge in [-0.25, -0.2) is 9.52 Å². The van der Waals surface area contributed by atoms with E-state index < -0.39 is 16.2 Å². The highest BCUT2D eigenvalue weighted by molar-refractivity contribution is 7.87. The number of urea groups is 1. The Kier molecular flexibility index (Phi) is 6.87. The van der Waals surface area contributed by atoms with Gasteiger partial charge in [-0.3, -0.25) is 0 Å². The molecule has 1 saturated heterocycles. The molecule has 0 spiro atoms. The number of carbonyl (C=O) groups is 1. The summed E-state index contributed by atoms with van der Waals surface area (Å²) in [6.07, 6.45) is 6.33. The standard InChI is InChI=1S/C17H31N3O4S/c1-14(2)13-24-17(3)9-11-20(12-10-17)25(22,23)19-16(21)18-15-7-5-4-6-8-15/h15H,1,4-13H2,2-3H3,(H2,18,19,21). The van der Waals surface area contributed by atoms with E-state index in [4.69, 9.17) is 4.74 Å². The Balaban J connectivity index is 1.82. The van der Waals surface area contributed by atoms with Crippen molar-refractivity contribution in [1.82, 2.24) is 14.3 Å². The third kappa shape index (κ3) is 6.27. The van der Waals surface area contributed by atoms with E-state index in [-0.39, 0.29) is 11.6 Å². The van der Waals surface area contributed by atoms with Crippen molar-refractivity contribution in [2.75, 3.05) is 19.7 Å². The molecule has 2 N–H and O–H groups in total. The molecule has 2 fully saturated rings. The van der Waals surface area contributed by atoms with Gasteiger partial charge in [0.05, 0.1) is 12.2 Å². The van der Waals surface area contributed by atoms with Gasteiger partial charge in [0.25, 0.3) is 0 Å². The van der Waals surface area contributed by atoms with Crippen LogP contribution in [0.15, 0.2) is 12.2 Å². The Morgan fingerprint density at radius 2 is 1.84 bits per heavy atom. The van der Waals surface area contributed by atoms with Gasteiger partial charge in [0.1, 0.15) is 0 Å². The first kappa shape index (κ1) is 20.2. The van der Waals surface area contributed by atoms with E-state index in [0.29, 0.717) is 32.5 Å². The molecule has 0 bridgehead atoms. The van der Waals surface area contributed by atoms with Crippen molar-refractivity contribution < 1.29 is 17.9 Å². The molecule has 0 radical (unpaired) electrons. The first-order chi connectivity index (χ1) is 11.7. The SMILES string of the molecule is C=C(C)COC1(C)CCN(S(=O)(=O)NC(=O)NC2CCCCC2)CC1. The smallest absolute Gasteiger partial charge is 0.329 e. The van der Waals surface area contributed by atoms with Crippen LogP contribution in [0.25, 0.3) is 0 Å². The van der Waals surface area contributed by atoms with Gasteiger partial charge in [-0.15, -0.1) is 0 Å². The Morgan fingerprint density at radius 3 is 2.40 bits per heavy atom. The molecule has 0 aromatic carbocycles. The molecule has 2 amide bonds. The number of nitrogens with zero attached hydrogens (tertiary/aromatic N) is 1. The second kappa shape index (κ2) is 8.51. The van der Waals surface area contributed by atoms with Gasteiger partial charge in [-0.05, 0) is 39.5 Å². The van der Waals surface area contributed by atoms with Crippen LogP contribution in [0.3, 0.4) is 0 Å². The van der Waals surface area contributed by atoms with Crippen molar-refractivity contribution in [3.8, 4) is 0 Å². The molecule has 2 aliphatic rings. The summed E-state index contributed by atoms with van der Waals surface area (Å²) in [5.41, 5.74) is 0.590. The maximum absolute atomic E-state index is 12.4. The van der Waals surface area contributed by atoms with Gasteiger partial charge in [0, 0.05) is 19.1 Å². The fourth-order valence-corrected chi connectivity index (χ4v) is 4.37. The van der Waals surface area contributed by atoms with Crippen molar-refractivity contribution in [1.29, 1.82) is 0 Å². The molecule has 2 rings (SSSR count). The second-order valence-corrected chi connectivity index (χ2v) is 9.18. The third-order valence-corrected chi connectivity index (χ3v) is 6.44. The number of hydrogen-bond donors (Lipinski definition) is 2. The maximum atomic E-state index is 12.4. The number of ether oxygens (including phenoxy) is 1. The molecule has 1 saturated carbocycles. The Bertz CT molecular complexity index is 577. The third-order valence-electron chi connectivity index (χ3n) is 4.95. The molecular formula is C17H31N3O4S. The number of hydrogen-bond acceptors (Lipinski definition) is 4. The lowest BCUT2D eigenvalue weighted by Gasteiger charge is -2.38. The zero-order valence-corrected chi connectivity index (χ0v) is 16.2. The van der Waals surface area contributed by atoms with Crippen molar-refractivity contribution in [2.45, 2.75) is 70.4 Å². The predicted octanol–water partition coefficient (Wildman–Crippen LogP) is 2.31. The Labute approximate surface area is 151 Å². The van der Waals surface area contributed by atoms with Crippen molar-refractivity contribution in [2.24, 2.45) is 0 Å². The number of amides is 2. The van der Waals surface area contributed by atoms with Crippen LogP contribution < -0.4 is 10.0 Å². The van der Waals surface area contributed by atoms with Crippen molar-refractivity contribution >= 4 is 16.2 Å². The summed E-state index contributed by atoms with van der Waals surface area (Å²) < 4.78 is 34.1. The summed E-state index contributed by atoms with van der Waals surface area (Å²) in [6.45, 7) is 8.85. The predicted molar refractivity (Wildman–Crippen MR) is 97.4 cm³/mol. The van der Waals surface area contributed by atoms with E-state index in [1.807, 2.05) is 13.8 Å². The van der Waals surface area contributed by atoms with E-state index >= 15 is 0 Å². The molecule has 8 heteroatoms. The fraction of sp³-hybridized carbons (Fsp3) is 0.824. The van der Waals surface area contributed by atoms with E-state index in [2.05, 4.69) is 16.6 Å². The van der Waals surface area contributed by atoms with Crippen LogP contribution >= 0.6 is 0 Å². The zero-order valence-electron chi connectivity index (χ0n) is 15.3. The van der Waals surface area contributed by atoms with Crippen LogP contribution in [0.4, 0.5) is 4.79 Å². The summed E-state index contributed by atoms with van der Waals surface area (Å²) in [5, 5.41) is 2.77. The van der Waals surface area contributed by atoms with Gasteiger partial charge in [0.2, 0.25) is 0 Å². The molecule has 1 aliphatic heterocycles. The minimum atomic E-state index is -3.82. The highest BCUT2D eigenvalue weighted by Gasteiger charge is 2.36. The van der Waals surface area contributed by atoms with Crippen LogP contribution in [-0.4, -0.2) is 50.1 Å². The Hall–Kier alpha value is -1.12. The molecular weight excluding hydrogens is 342 g/mol. The first-order valence-corrected chi connectivity index (χ1v) is 10.5. The number of rotatable bonds is 6. The molecule has 7 nitrogen and oxygen atoms in total. The van der Waals surface area contributed by atoms with E-state index in [1.54, 1.807) is 0 Å². The summed E-state index contributed by atoms with van der Waals surface area (Å²) in [7, 11) is -3.82. The quantitative estimate of drug-likeness (QED) is 0.700. The molecule has 0 aromatic heterocycles. The molecule has 0 unspecified atom stereocenters. The lowest BCUT2D eigenvalue weighted by atomic mass is 9.94. The highest BCUT2D eigenvalue weighted by atomic mass is 32.2. The zero-order chi connectivity index (χ0) is 18.5. The largest absolute Gasteiger partial charge is 0.371 e. The van der Waals surface area contributed by atoms with E-state index in [1.165, 1.54) is 10.7 Å². The van der Waals surface area contributed by atoms with Crippen LogP contribution in [0.1, 0.15) is 58.8 Å². The molecule has 0 aromatic rings. The minimum Gasteiger partial charge on any atom is -0.371 e. The van der Waals surface area contributed by atoms with Gasteiger partial charge in [-0.2, -0.15) is 12.7 Å². The molecule has 1 heterocycles. The fourth-order valence-electron chi connectivity index (χ4n) is 3.28. The summed E-state index contributed by atoms with van der Waals surface area (Å²) in [6, 6.07) is -0.553. The molecule has 0 atom stereocenters. The van der Waals surface area contributed by atoms with Crippen LogP contribution in [0.2, 0.25) is 0 Å². The number of nitrogens with one attached hydrogen (secondary N) is 2. The lowest BCUT2D eigenvalue weighted by Crippen LogP contribution is -2.53. The minimum absolute atomic E-state index is 0.0733. The molecule has 1 aliphatic carbocycles. The number of piperidine rings is 1. The van der Waals surface area contributed by atoms with Gasteiger partial charge in [-0.1, -0.05) is 31.4 Å². The van der Waals surface area contributed by atoms with E-state index in [0.717, 1.165) is 31.3 Å². The van der Waals surface area contributed by atoms with Crippen molar-refractivity contribution in [3.05, 3.63) is 12.2 Å².